The van der Waals surface area contributed by atoms with Crippen LogP contribution in [0.15, 0.2) is 53.3 Å². The molecule has 0 unspecified atom stereocenters. The highest BCUT2D eigenvalue weighted by molar-refractivity contribution is 6.30. The Bertz CT molecular complexity index is 1140. The van der Waals surface area contributed by atoms with E-state index < -0.39 is 0 Å². The molecule has 2 aromatic carbocycles. The van der Waals surface area contributed by atoms with Crippen molar-refractivity contribution >= 4 is 28.3 Å². The molecule has 2 aliphatic carbocycles. The zero-order valence-corrected chi connectivity index (χ0v) is 16.7. The first-order valence-corrected chi connectivity index (χ1v) is 10.5. The van der Waals surface area contributed by atoms with Gasteiger partial charge in [0.2, 0.25) is 5.91 Å². The number of amides is 1. The maximum atomic E-state index is 12.9. The Morgan fingerprint density at radius 1 is 1.07 bits per heavy atom. The summed E-state index contributed by atoms with van der Waals surface area (Å²) in [5.41, 5.74) is 3.89. The third-order valence-electron chi connectivity index (χ3n) is 6.49. The predicted molar refractivity (Wildman–Crippen MR) is 114 cm³/mol. The van der Waals surface area contributed by atoms with E-state index in [1.54, 1.807) is 18.2 Å². The van der Waals surface area contributed by atoms with Crippen molar-refractivity contribution in [2.24, 2.45) is 17.8 Å². The molecule has 2 aliphatic rings. The van der Waals surface area contributed by atoms with Crippen LogP contribution in [0.5, 0.6) is 0 Å². The van der Waals surface area contributed by atoms with Crippen LogP contribution in [0.25, 0.3) is 22.0 Å². The molecule has 1 aromatic heterocycles. The zero-order valence-electron chi connectivity index (χ0n) is 16.0. The fraction of sp³-hybridized carbons (Fsp3) is 0.348. The second-order valence-corrected chi connectivity index (χ2v) is 8.73. The maximum absolute atomic E-state index is 12.9. The van der Waals surface area contributed by atoms with E-state index in [9.17, 15) is 9.59 Å². The molecule has 3 aromatic rings. The van der Waals surface area contributed by atoms with Gasteiger partial charge in [0.05, 0.1) is 5.39 Å². The molecule has 2 bridgehead atoms. The van der Waals surface area contributed by atoms with Crippen LogP contribution < -0.4 is 11.0 Å². The molecule has 0 radical (unpaired) electrons. The summed E-state index contributed by atoms with van der Waals surface area (Å²) in [4.78, 5) is 26.7. The highest BCUT2D eigenvalue weighted by atomic mass is 35.5. The van der Waals surface area contributed by atoms with Crippen LogP contribution in [-0.4, -0.2) is 15.8 Å². The van der Waals surface area contributed by atoms with Crippen LogP contribution in [-0.2, 0) is 4.79 Å². The molecule has 5 nitrogen and oxygen atoms in total. The van der Waals surface area contributed by atoms with Crippen LogP contribution in [0.2, 0.25) is 5.02 Å². The monoisotopic (exact) mass is 407 g/mol. The minimum Gasteiger partial charge on any atom is -0.273 e. The number of fused-ring (bicyclic) bond motifs is 3. The van der Waals surface area contributed by atoms with E-state index in [0.717, 1.165) is 28.1 Å². The van der Waals surface area contributed by atoms with Gasteiger partial charge in [0, 0.05) is 22.4 Å². The van der Waals surface area contributed by atoms with Gasteiger partial charge < -0.3 is 0 Å². The Morgan fingerprint density at radius 3 is 2.52 bits per heavy atom. The van der Waals surface area contributed by atoms with Crippen molar-refractivity contribution < 1.29 is 4.79 Å². The number of halogens is 1. The summed E-state index contributed by atoms with van der Waals surface area (Å²) in [6.07, 6.45) is 5.38. The molecule has 0 saturated heterocycles. The largest absolute Gasteiger partial charge is 0.294 e. The lowest BCUT2D eigenvalue weighted by Gasteiger charge is -2.21. The minimum absolute atomic E-state index is 0.144. The fourth-order valence-corrected chi connectivity index (χ4v) is 5.24. The van der Waals surface area contributed by atoms with Crippen molar-refractivity contribution in [3.05, 3.63) is 63.9 Å². The van der Waals surface area contributed by atoms with Crippen LogP contribution in [0.1, 0.15) is 32.1 Å². The SMILES string of the molecule is O=C(C[C@H]1C[C@@H]2CC[C@H]1C2)Nn1nc(-c2ccc(Cl)cc2)c2ccccc2c1=O. The van der Waals surface area contributed by atoms with Crippen molar-refractivity contribution in [1.29, 1.82) is 0 Å². The number of benzene rings is 2. The Kier molecular flexibility index (Phi) is 4.63. The lowest BCUT2D eigenvalue weighted by molar-refractivity contribution is -0.118. The Labute approximate surface area is 173 Å². The number of nitrogens with zero attached hydrogens (tertiary/aromatic N) is 2. The van der Waals surface area contributed by atoms with E-state index >= 15 is 0 Å². The minimum atomic E-state index is -0.320. The van der Waals surface area contributed by atoms with Crippen LogP contribution in [0.4, 0.5) is 0 Å². The number of carbonyl (C=O) groups excluding carboxylic acids is 1. The lowest BCUT2D eigenvalue weighted by Crippen LogP contribution is -2.36. The van der Waals surface area contributed by atoms with Crippen molar-refractivity contribution in [3.8, 4) is 11.3 Å². The van der Waals surface area contributed by atoms with Crippen molar-refractivity contribution in [3.63, 3.8) is 0 Å². The Morgan fingerprint density at radius 2 is 1.83 bits per heavy atom. The molecule has 148 valence electrons. The summed E-state index contributed by atoms with van der Waals surface area (Å²) in [5, 5.41) is 6.39. The summed E-state index contributed by atoms with van der Waals surface area (Å²) < 4.78 is 0. The standard InChI is InChI=1S/C23H22ClN3O2/c24-18-9-7-15(8-10-18)22-19-3-1-2-4-20(19)23(29)27(26-22)25-21(28)13-17-12-14-5-6-16(17)11-14/h1-4,7-10,14,16-17H,5-6,11-13H2,(H,25,28)/t14-,16+,17-/m1/s1. The Balaban J connectivity index is 1.48. The molecule has 2 fully saturated rings. The van der Waals surface area contributed by atoms with Crippen molar-refractivity contribution in [1.82, 2.24) is 9.89 Å². The van der Waals surface area contributed by atoms with Gasteiger partial charge in [-0.15, -0.1) is 9.89 Å². The molecule has 1 amide bonds. The maximum Gasteiger partial charge on any atom is 0.294 e. The lowest BCUT2D eigenvalue weighted by atomic mass is 9.86. The Hall–Kier alpha value is -2.66. The smallest absolute Gasteiger partial charge is 0.273 e. The van der Waals surface area contributed by atoms with E-state index in [4.69, 9.17) is 11.6 Å². The summed E-state index contributed by atoms with van der Waals surface area (Å²) in [5.74, 6) is 1.74. The molecule has 1 heterocycles. The van der Waals surface area contributed by atoms with Crippen LogP contribution in [0, 0.1) is 17.8 Å². The molecule has 29 heavy (non-hydrogen) atoms. The van der Waals surface area contributed by atoms with Crippen molar-refractivity contribution in [2.45, 2.75) is 32.1 Å². The highest BCUT2D eigenvalue weighted by Crippen LogP contribution is 2.49. The summed E-state index contributed by atoms with van der Waals surface area (Å²) >= 11 is 6.02. The predicted octanol–water partition coefficient (Wildman–Crippen LogP) is 4.61. The normalized spacial score (nSPS) is 22.9. The number of hydrogen-bond donors (Lipinski definition) is 1. The zero-order chi connectivity index (χ0) is 20.0. The van der Waals surface area contributed by atoms with Gasteiger partial charge in [-0.3, -0.25) is 9.59 Å². The molecular formula is C23H22ClN3O2. The van der Waals surface area contributed by atoms with Gasteiger partial charge in [0.25, 0.3) is 5.56 Å². The first kappa shape index (κ1) is 18.4. The third-order valence-corrected chi connectivity index (χ3v) is 6.74. The van der Waals surface area contributed by atoms with Gasteiger partial charge in [-0.05, 0) is 55.2 Å². The number of carbonyl (C=O) groups is 1. The van der Waals surface area contributed by atoms with E-state index in [-0.39, 0.29) is 11.5 Å². The van der Waals surface area contributed by atoms with Gasteiger partial charge in [0.15, 0.2) is 0 Å². The second-order valence-electron chi connectivity index (χ2n) is 8.29. The number of aromatic nitrogens is 2. The van der Waals surface area contributed by atoms with Crippen LogP contribution >= 0.6 is 11.6 Å². The molecular weight excluding hydrogens is 386 g/mol. The molecule has 0 aliphatic heterocycles. The molecule has 0 spiro atoms. The van der Waals surface area contributed by atoms with Crippen LogP contribution in [0.3, 0.4) is 0 Å². The molecule has 1 N–H and O–H groups in total. The highest BCUT2D eigenvalue weighted by Gasteiger charge is 2.40. The number of hydrogen-bond acceptors (Lipinski definition) is 3. The molecule has 5 rings (SSSR count). The van der Waals surface area contributed by atoms with Gasteiger partial charge in [-0.25, -0.2) is 5.43 Å². The average Bonchev–Trinajstić information content (AvgIpc) is 3.34. The number of nitrogens with one attached hydrogen (secondary N) is 1. The molecule has 6 heteroatoms. The molecule has 3 atom stereocenters. The van der Waals surface area contributed by atoms with Crippen molar-refractivity contribution in [2.75, 3.05) is 5.43 Å². The van der Waals surface area contributed by atoms with E-state index in [0.29, 0.717) is 34.4 Å². The first-order valence-electron chi connectivity index (χ1n) is 10.2. The van der Waals surface area contributed by atoms with E-state index in [1.807, 2.05) is 30.3 Å². The number of rotatable bonds is 4. The quantitative estimate of drug-likeness (QED) is 0.686. The van der Waals surface area contributed by atoms with Gasteiger partial charge in [-0.2, -0.15) is 0 Å². The fourth-order valence-electron chi connectivity index (χ4n) is 5.11. The van der Waals surface area contributed by atoms with E-state index in [2.05, 4.69) is 10.5 Å². The topological polar surface area (TPSA) is 64.0 Å². The average molecular weight is 408 g/mol. The summed E-state index contributed by atoms with van der Waals surface area (Å²) in [6.45, 7) is 0. The first-order chi connectivity index (χ1) is 14.1. The molecule has 2 saturated carbocycles. The third kappa shape index (κ3) is 3.44. The van der Waals surface area contributed by atoms with Gasteiger partial charge in [0.1, 0.15) is 5.69 Å². The summed E-state index contributed by atoms with van der Waals surface area (Å²) in [6, 6.07) is 14.6. The van der Waals surface area contributed by atoms with Gasteiger partial charge in [-0.1, -0.05) is 48.4 Å². The van der Waals surface area contributed by atoms with E-state index in [1.165, 1.54) is 19.3 Å². The summed E-state index contributed by atoms with van der Waals surface area (Å²) in [7, 11) is 0. The van der Waals surface area contributed by atoms with Gasteiger partial charge >= 0.3 is 0 Å². The second kappa shape index (κ2) is 7.30.